The van der Waals surface area contributed by atoms with Crippen molar-refractivity contribution in [3.63, 3.8) is 0 Å². The van der Waals surface area contributed by atoms with Gasteiger partial charge in [0.1, 0.15) is 5.82 Å². The van der Waals surface area contributed by atoms with Gasteiger partial charge in [0.05, 0.1) is 24.7 Å². The van der Waals surface area contributed by atoms with Crippen LogP contribution in [0.4, 0.5) is 0 Å². The third-order valence-electron chi connectivity index (χ3n) is 3.27. The second-order valence-corrected chi connectivity index (χ2v) is 5.12. The number of nitrogens with zero attached hydrogens (tertiary/aromatic N) is 2. The Labute approximate surface area is 127 Å². The highest BCUT2D eigenvalue weighted by atomic mass is 35.5. The molecule has 2 heterocycles. The molecule has 5 heteroatoms. The molecule has 0 saturated heterocycles. The number of carbonyl (C=O) groups excluding carboxylic acids is 1. The smallest absolute Gasteiger partial charge is 0.224 e. The molecule has 0 unspecified atom stereocenters. The van der Waals surface area contributed by atoms with Crippen LogP contribution in [0.1, 0.15) is 11.4 Å². The first-order chi connectivity index (χ1) is 10.2. The predicted molar refractivity (Wildman–Crippen MR) is 82.2 cm³/mol. The van der Waals surface area contributed by atoms with Crippen molar-refractivity contribution in [2.75, 3.05) is 0 Å². The molecule has 0 saturated carbocycles. The van der Waals surface area contributed by atoms with E-state index in [1.165, 1.54) is 0 Å². The number of amides is 1. The van der Waals surface area contributed by atoms with Crippen molar-refractivity contribution in [2.24, 2.45) is 0 Å². The molecule has 1 aromatic carbocycles. The molecule has 0 aliphatic rings. The molecular formula is C16H14ClN3O. The van der Waals surface area contributed by atoms with Crippen LogP contribution in [0.2, 0.25) is 5.02 Å². The lowest BCUT2D eigenvalue weighted by molar-refractivity contribution is -0.120. The molecule has 3 aromatic rings. The number of rotatable bonds is 4. The summed E-state index contributed by atoms with van der Waals surface area (Å²) in [6.45, 7) is 0.390. The summed E-state index contributed by atoms with van der Waals surface area (Å²) in [4.78, 5) is 16.3. The zero-order chi connectivity index (χ0) is 14.7. The van der Waals surface area contributed by atoms with Crippen LogP contribution in [0, 0.1) is 0 Å². The van der Waals surface area contributed by atoms with Gasteiger partial charge in [-0.2, -0.15) is 0 Å². The van der Waals surface area contributed by atoms with E-state index in [-0.39, 0.29) is 12.3 Å². The van der Waals surface area contributed by atoms with Crippen molar-refractivity contribution in [1.82, 2.24) is 14.7 Å². The third kappa shape index (κ3) is 3.06. The molecule has 0 aliphatic carbocycles. The van der Waals surface area contributed by atoms with Gasteiger partial charge in [-0.1, -0.05) is 35.9 Å². The fraction of sp³-hybridized carbons (Fsp3) is 0.125. The number of hydrogen-bond acceptors (Lipinski definition) is 2. The molecule has 3 rings (SSSR count). The van der Waals surface area contributed by atoms with Crippen molar-refractivity contribution in [1.29, 1.82) is 0 Å². The van der Waals surface area contributed by atoms with E-state index < -0.39 is 0 Å². The van der Waals surface area contributed by atoms with Crippen molar-refractivity contribution in [3.05, 3.63) is 71.3 Å². The van der Waals surface area contributed by atoms with Gasteiger partial charge in [-0.15, -0.1) is 0 Å². The molecule has 1 N–H and O–H groups in total. The molecule has 4 nitrogen and oxygen atoms in total. The van der Waals surface area contributed by atoms with Crippen LogP contribution < -0.4 is 5.32 Å². The monoisotopic (exact) mass is 299 g/mol. The Morgan fingerprint density at radius 1 is 1.19 bits per heavy atom. The van der Waals surface area contributed by atoms with Crippen molar-refractivity contribution in [3.8, 4) is 0 Å². The molecule has 0 spiro atoms. The lowest BCUT2D eigenvalue weighted by Crippen LogP contribution is -2.25. The van der Waals surface area contributed by atoms with Gasteiger partial charge >= 0.3 is 0 Å². The van der Waals surface area contributed by atoms with Crippen LogP contribution in [0.25, 0.3) is 5.52 Å². The molecule has 1 amide bonds. The normalized spacial score (nSPS) is 10.7. The summed E-state index contributed by atoms with van der Waals surface area (Å²) in [6, 6.07) is 13.2. The number of hydrogen-bond donors (Lipinski definition) is 1. The van der Waals surface area contributed by atoms with E-state index in [0.29, 0.717) is 11.6 Å². The van der Waals surface area contributed by atoms with Gasteiger partial charge in [-0.05, 0) is 23.8 Å². The van der Waals surface area contributed by atoms with Gasteiger partial charge in [0.25, 0.3) is 0 Å². The van der Waals surface area contributed by atoms with Crippen LogP contribution in [-0.2, 0) is 17.8 Å². The van der Waals surface area contributed by atoms with E-state index >= 15 is 0 Å². The van der Waals surface area contributed by atoms with Crippen molar-refractivity contribution in [2.45, 2.75) is 13.0 Å². The molecule has 2 aromatic heterocycles. The molecular weight excluding hydrogens is 286 g/mol. The zero-order valence-corrected chi connectivity index (χ0v) is 12.0. The third-order valence-corrected chi connectivity index (χ3v) is 3.64. The highest BCUT2D eigenvalue weighted by molar-refractivity contribution is 6.31. The minimum Gasteiger partial charge on any atom is -0.349 e. The van der Waals surface area contributed by atoms with E-state index in [1.54, 1.807) is 12.3 Å². The van der Waals surface area contributed by atoms with Crippen molar-refractivity contribution >= 4 is 23.0 Å². The zero-order valence-electron chi connectivity index (χ0n) is 11.3. The lowest BCUT2D eigenvalue weighted by atomic mass is 10.1. The molecule has 21 heavy (non-hydrogen) atoms. The Morgan fingerprint density at radius 2 is 2.00 bits per heavy atom. The molecule has 0 fully saturated rings. The summed E-state index contributed by atoms with van der Waals surface area (Å²) in [7, 11) is 0. The maximum atomic E-state index is 12.0. The maximum absolute atomic E-state index is 12.0. The van der Waals surface area contributed by atoms with Crippen LogP contribution in [0.3, 0.4) is 0 Å². The van der Waals surface area contributed by atoms with E-state index in [1.807, 2.05) is 47.0 Å². The minimum absolute atomic E-state index is 0.0734. The minimum atomic E-state index is -0.0734. The Kier molecular flexibility index (Phi) is 3.88. The first-order valence-corrected chi connectivity index (χ1v) is 7.03. The molecule has 0 radical (unpaired) electrons. The van der Waals surface area contributed by atoms with E-state index in [9.17, 15) is 4.79 Å². The summed E-state index contributed by atoms with van der Waals surface area (Å²) in [5.74, 6) is 0.730. The van der Waals surface area contributed by atoms with Gasteiger partial charge in [0, 0.05) is 11.2 Å². The Bertz CT molecular complexity index is 782. The number of carbonyl (C=O) groups is 1. The summed E-state index contributed by atoms with van der Waals surface area (Å²) in [5.41, 5.74) is 1.83. The predicted octanol–water partition coefficient (Wildman–Crippen LogP) is 2.85. The van der Waals surface area contributed by atoms with Crippen LogP contribution in [-0.4, -0.2) is 15.3 Å². The van der Waals surface area contributed by atoms with Gasteiger partial charge in [-0.25, -0.2) is 4.98 Å². The first-order valence-electron chi connectivity index (χ1n) is 6.65. The summed E-state index contributed by atoms with van der Waals surface area (Å²) in [5, 5.41) is 3.48. The lowest BCUT2D eigenvalue weighted by Gasteiger charge is -2.06. The second-order valence-electron chi connectivity index (χ2n) is 4.71. The average Bonchev–Trinajstić information content (AvgIpc) is 2.91. The summed E-state index contributed by atoms with van der Waals surface area (Å²) in [6.07, 6.45) is 3.98. The second kappa shape index (κ2) is 5.97. The molecule has 0 atom stereocenters. The number of benzene rings is 1. The highest BCUT2D eigenvalue weighted by Gasteiger charge is 2.08. The Balaban J connectivity index is 1.65. The van der Waals surface area contributed by atoms with Crippen LogP contribution in [0.15, 0.2) is 54.9 Å². The molecule has 106 valence electrons. The van der Waals surface area contributed by atoms with E-state index in [0.717, 1.165) is 16.9 Å². The molecule has 0 bridgehead atoms. The average molecular weight is 300 g/mol. The Hall–Kier alpha value is -2.33. The number of imidazole rings is 1. The largest absolute Gasteiger partial charge is 0.349 e. The number of halogens is 1. The van der Waals surface area contributed by atoms with Crippen LogP contribution >= 0.6 is 11.6 Å². The quantitative estimate of drug-likeness (QED) is 0.805. The SMILES string of the molecule is O=C(Cc1ccccc1Cl)NCc1ncc2ccccn12. The summed E-state index contributed by atoms with van der Waals surface area (Å²) >= 11 is 6.05. The fourth-order valence-electron chi connectivity index (χ4n) is 2.19. The maximum Gasteiger partial charge on any atom is 0.224 e. The first kappa shape index (κ1) is 13.6. The van der Waals surface area contributed by atoms with E-state index in [4.69, 9.17) is 11.6 Å². The number of fused-ring (bicyclic) bond motifs is 1. The number of nitrogens with one attached hydrogen (secondary N) is 1. The highest BCUT2D eigenvalue weighted by Crippen LogP contribution is 2.15. The number of pyridine rings is 1. The topological polar surface area (TPSA) is 46.4 Å². The fourth-order valence-corrected chi connectivity index (χ4v) is 2.39. The van der Waals surface area contributed by atoms with Gasteiger partial charge in [0.2, 0.25) is 5.91 Å². The summed E-state index contributed by atoms with van der Waals surface area (Å²) < 4.78 is 1.95. The standard InChI is InChI=1S/C16H14ClN3O/c17-14-7-2-1-5-12(14)9-16(21)19-11-15-18-10-13-6-3-4-8-20(13)15/h1-8,10H,9,11H2,(H,19,21). The van der Waals surface area contributed by atoms with Crippen LogP contribution in [0.5, 0.6) is 0 Å². The van der Waals surface area contributed by atoms with Gasteiger partial charge in [-0.3, -0.25) is 4.79 Å². The molecule has 0 aliphatic heterocycles. The van der Waals surface area contributed by atoms with Gasteiger partial charge in [0.15, 0.2) is 0 Å². The number of aromatic nitrogens is 2. The van der Waals surface area contributed by atoms with E-state index in [2.05, 4.69) is 10.3 Å². The Morgan fingerprint density at radius 3 is 2.86 bits per heavy atom. The van der Waals surface area contributed by atoms with Gasteiger partial charge < -0.3 is 9.72 Å². The van der Waals surface area contributed by atoms with Crippen molar-refractivity contribution < 1.29 is 4.79 Å².